The summed E-state index contributed by atoms with van der Waals surface area (Å²) in [5.74, 6) is -2.15. The number of carbonyl (C=O) groups is 2. The van der Waals surface area contributed by atoms with Gasteiger partial charge in [0.1, 0.15) is 11.4 Å². The lowest BCUT2D eigenvalue weighted by atomic mass is 10.1. The van der Waals surface area contributed by atoms with Crippen LogP contribution in [-0.2, 0) is 19.1 Å². The molecule has 0 spiro atoms. The molecule has 0 atom stereocenters. The Hall–Kier alpha value is -3.29. The zero-order valence-electron chi connectivity index (χ0n) is 14.7. The first-order valence-electron chi connectivity index (χ1n) is 7.45. The van der Waals surface area contributed by atoms with Crippen molar-refractivity contribution in [3.8, 4) is 11.5 Å². The summed E-state index contributed by atoms with van der Waals surface area (Å²) in [6.07, 6.45) is 5.84. The van der Waals surface area contributed by atoms with Gasteiger partial charge in [-0.05, 0) is 12.2 Å². The van der Waals surface area contributed by atoms with E-state index in [4.69, 9.17) is 18.9 Å². The van der Waals surface area contributed by atoms with Crippen LogP contribution in [0.1, 0.15) is 0 Å². The van der Waals surface area contributed by atoms with Gasteiger partial charge >= 0.3 is 11.9 Å². The first-order chi connectivity index (χ1) is 12.5. The number of carbonyl (C=O) groups excluding carboxylic acids is 2. The fourth-order valence-corrected chi connectivity index (χ4v) is 2.35. The highest BCUT2D eigenvalue weighted by Crippen LogP contribution is 2.36. The average molecular weight is 363 g/mol. The third kappa shape index (κ3) is 3.53. The topological polar surface area (TPSA) is 74.3 Å². The van der Waals surface area contributed by atoms with E-state index in [9.17, 15) is 14.0 Å². The van der Waals surface area contributed by atoms with Crippen molar-refractivity contribution in [2.45, 2.75) is 0 Å². The molecule has 0 aromatic heterocycles. The van der Waals surface area contributed by atoms with Crippen molar-refractivity contribution in [3.63, 3.8) is 0 Å². The van der Waals surface area contributed by atoms with Gasteiger partial charge in [-0.25, -0.2) is 14.0 Å². The van der Waals surface area contributed by atoms with Crippen molar-refractivity contribution < 1.29 is 32.9 Å². The molecule has 1 aromatic rings. The highest BCUT2D eigenvalue weighted by atomic mass is 19.1. The molecule has 1 heterocycles. The number of allylic oxidation sites excluding steroid dienone is 2. The fraction of sp³-hybridized carbons (Fsp3) is 0.222. The summed E-state index contributed by atoms with van der Waals surface area (Å²) in [5, 5.41) is 0. The van der Waals surface area contributed by atoms with Gasteiger partial charge in [0.25, 0.3) is 0 Å². The standard InChI is InChI=1S/C18H18FNO6/c1-23-11-9-13(15(19)14(10-11)24-2)20-8-6-5-7-12(17(21)25-3)16(20)18(22)26-4/h5-10H,1-4H3. The number of halogens is 1. The van der Waals surface area contributed by atoms with E-state index in [-0.39, 0.29) is 22.7 Å². The third-order valence-corrected chi connectivity index (χ3v) is 3.60. The third-order valence-electron chi connectivity index (χ3n) is 3.60. The molecule has 0 fully saturated rings. The second-order valence-corrected chi connectivity index (χ2v) is 4.98. The zero-order valence-corrected chi connectivity index (χ0v) is 14.7. The molecule has 0 saturated carbocycles. The monoisotopic (exact) mass is 363 g/mol. The molecule has 0 amide bonds. The van der Waals surface area contributed by atoms with Crippen LogP contribution in [0.2, 0.25) is 0 Å². The minimum Gasteiger partial charge on any atom is -0.497 e. The van der Waals surface area contributed by atoms with Crippen LogP contribution < -0.4 is 14.4 Å². The fourth-order valence-electron chi connectivity index (χ4n) is 2.35. The van der Waals surface area contributed by atoms with E-state index in [1.165, 1.54) is 62.8 Å². The molecular formula is C18H18FNO6. The van der Waals surface area contributed by atoms with Crippen LogP contribution in [0.4, 0.5) is 10.1 Å². The Morgan fingerprint density at radius 3 is 2.23 bits per heavy atom. The van der Waals surface area contributed by atoms with Crippen LogP contribution in [0.25, 0.3) is 0 Å². The van der Waals surface area contributed by atoms with Crippen molar-refractivity contribution in [1.29, 1.82) is 0 Å². The molecule has 7 nitrogen and oxygen atoms in total. The van der Waals surface area contributed by atoms with E-state index < -0.39 is 17.8 Å². The van der Waals surface area contributed by atoms with Crippen LogP contribution in [0, 0.1) is 5.82 Å². The van der Waals surface area contributed by atoms with Gasteiger partial charge in [0.2, 0.25) is 0 Å². The lowest BCUT2D eigenvalue weighted by molar-refractivity contribution is -0.139. The Bertz CT molecular complexity index is 812. The number of hydrogen-bond donors (Lipinski definition) is 0. The van der Waals surface area contributed by atoms with Crippen molar-refractivity contribution in [2.24, 2.45) is 0 Å². The number of ether oxygens (including phenoxy) is 4. The molecular weight excluding hydrogens is 345 g/mol. The molecule has 1 aromatic carbocycles. The molecule has 0 bridgehead atoms. The Labute approximate surface area is 149 Å². The van der Waals surface area contributed by atoms with Gasteiger partial charge < -0.3 is 23.8 Å². The summed E-state index contributed by atoms with van der Waals surface area (Å²) in [5.41, 5.74) is -0.368. The summed E-state index contributed by atoms with van der Waals surface area (Å²) in [4.78, 5) is 25.7. The lowest BCUT2D eigenvalue weighted by Gasteiger charge is -2.24. The van der Waals surface area contributed by atoms with Gasteiger partial charge in [0, 0.05) is 18.3 Å². The molecule has 8 heteroatoms. The second kappa shape index (κ2) is 8.19. The van der Waals surface area contributed by atoms with Crippen LogP contribution in [0.3, 0.4) is 0 Å². The van der Waals surface area contributed by atoms with Crippen molar-refractivity contribution in [1.82, 2.24) is 0 Å². The number of benzene rings is 1. The molecule has 0 N–H and O–H groups in total. The lowest BCUT2D eigenvalue weighted by Crippen LogP contribution is -2.27. The second-order valence-electron chi connectivity index (χ2n) is 4.98. The van der Waals surface area contributed by atoms with E-state index in [0.717, 1.165) is 7.11 Å². The molecule has 0 aliphatic carbocycles. The van der Waals surface area contributed by atoms with Gasteiger partial charge in [-0.1, -0.05) is 6.08 Å². The number of anilines is 1. The first kappa shape index (κ1) is 19.0. The Morgan fingerprint density at radius 1 is 0.962 bits per heavy atom. The molecule has 0 radical (unpaired) electrons. The van der Waals surface area contributed by atoms with Crippen LogP contribution in [-0.4, -0.2) is 40.4 Å². The predicted molar refractivity (Wildman–Crippen MR) is 91.3 cm³/mol. The first-order valence-corrected chi connectivity index (χ1v) is 7.45. The number of rotatable bonds is 5. The maximum absolute atomic E-state index is 14.9. The highest BCUT2D eigenvalue weighted by Gasteiger charge is 2.30. The van der Waals surface area contributed by atoms with Gasteiger partial charge in [0.05, 0.1) is 39.7 Å². The zero-order chi connectivity index (χ0) is 19.3. The van der Waals surface area contributed by atoms with Crippen LogP contribution >= 0.6 is 0 Å². The Morgan fingerprint density at radius 2 is 1.65 bits per heavy atom. The van der Waals surface area contributed by atoms with Crippen molar-refractivity contribution in [3.05, 3.63) is 53.6 Å². The minimum atomic E-state index is -0.845. The normalized spacial score (nSPS) is 13.3. The highest BCUT2D eigenvalue weighted by molar-refractivity contribution is 6.05. The summed E-state index contributed by atoms with van der Waals surface area (Å²) < 4.78 is 34.6. The molecule has 2 rings (SSSR count). The van der Waals surface area contributed by atoms with E-state index in [0.29, 0.717) is 5.75 Å². The Kier molecular flexibility index (Phi) is 6.00. The van der Waals surface area contributed by atoms with Gasteiger partial charge in [-0.15, -0.1) is 0 Å². The number of nitrogens with zero attached hydrogens (tertiary/aromatic N) is 1. The summed E-state index contributed by atoms with van der Waals surface area (Å²) in [6, 6.07) is 2.73. The Balaban J connectivity index is 2.77. The minimum absolute atomic E-state index is 0.0667. The van der Waals surface area contributed by atoms with E-state index in [2.05, 4.69) is 0 Å². The molecule has 26 heavy (non-hydrogen) atoms. The quantitative estimate of drug-likeness (QED) is 0.743. The summed E-state index contributed by atoms with van der Waals surface area (Å²) in [7, 11) is 5.05. The molecule has 138 valence electrons. The molecule has 1 aliphatic heterocycles. The number of hydrogen-bond acceptors (Lipinski definition) is 7. The number of methoxy groups -OCH3 is 4. The predicted octanol–water partition coefficient (Wildman–Crippen LogP) is 2.33. The van der Waals surface area contributed by atoms with Crippen LogP contribution in [0.15, 0.2) is 47.8 Å². The number of esters is 2. The summed E-state index contributed by atoms with van der Waals surface area (Å²) >= 11 is 0. The van der Waals surface area contributed by atoms with E-state index in [1.807, 2.05) is 0 Å². The maximum atomic E-state index is 14.9. The van der Waals surface area contributed by atoms with Gasteiger partial charge in [-0.3, -0.25) is 0 Å². The van der Waals surface area contributed by atoms with E-state index in [1.54, 1.807) is 0 Å². The largest absolute Gasteiger partial charge is 0.497 e. The molecule has 0 unspecified atom stereocenters. The summed E-state index contributed by atoms with van der Waals surface area (Å²) in [6.45, 7) is 0. The van der Waals surface area contributed by atoms with E-state index >= 15 is 0 Å². The SMILES string of the molecule is COC(=O)C1=C(C(=O)OC)N(c2cc(OC)cc(OC)c2F)C=CC=C1. The van der Waals surface area contributed by atoms with Crippen molar-refractivity contribution in [2.75, 3.05) is 33.3 Å². The maximum Gasteiger partial charge on any atom is 0.355 e. The van der Waals surface area contributed by atoms with Crippen molar-refractivity contribution >= 4 is 17.6 Å². The molecule has 0 saturated heterocycles. The van der Waals surface area contributed by atoms with Gasteiger partial charge in [-0.2, -0.15) is 0 Å². The average Bonchev–Trinajstić information content (AvgIpc) is 2.89. The van der Waals surface area contributed by atoms with Gasteiger partial charge in [0.15, 0.2) is 11.6 Å². The molecule has 1 aliphatic rings. The van der Waals surface area contributed by atoms with Crippen LogP contribution in [0.5, 0.6) is 11.5 Å². The smallest absolute Gasteiger partial charge is 0.355 e.